The molecular weight excluding hydrogens is 294 g/mol. The second-order valence-corrected chi connectivity index (χ2v) is 7.93. The third-order valence-electron chi connectivity index (χ3n) is 4.68. The Hall–Kier alpha value is -0.660. The van der Waals surface area contributed by atoms with Crippen molar-refractivity contribution >= 4 is 16.0 Å². The molecule has 1 saturated carbocycles. The summed E-state index contributed by atoms with van der Waals surface area (Å²) < 4.78 is 38.0. The van der Waals surface area contributed by atoms with Gasteiger partial charge in [-0.15, -0.1) is 0 Å². The van der Waals surface area contributed by atoms with Crippen molar-refractivity contribution in [2.75, 3.05) is 20.3 Å². The van der Waals surface area contributed by atoms with E-state index in [-0.39, 0.29) is 6.04 Å². The Bertz CT molecular complexity index is 458. The van der Waals surface area contributed by atoms with Crippen LogP contribution in [-0.4, -0.2) is 46.0 Å². The third-order valence-corrected chi connectivity index (χ3v) is 6.74. The molecule has 0 aromatic heterocycles. The van der Waals surface area contributed by atoms with Crippen LogP contribution >= 0.6 is 0 Å². The molecule has 0 radical (unpaired) electrons. The quantitative estimate of drug-likeness (QED) is 0.766. The number of hydrogen-bond acceptors (Lipinski definition) is 5. The molecule has 122 valence electrons. The smallest absolute Gasteiger partial charge is 0.310 e. The van der Waals surface area contributed by atoms with Gasteiger partial charge in [-0.1, -0.05) is 6.42 Å². The highest BCUT2D eigenvalue weighted by atomic mass is 32.2. The molecule has 0 spiro atoms. The van der Waals surface area contributed by atoms with Crippen molar-refractivity contribution in [2.24, 2.45) is 11.8 Å². The first kappa shape index (κ1) is 16.7. The number of esters is 1. The van der Waals surface area contributed by atoms with Crippen LogP contribution in [-0.2, 0) is 24.3 Å². The van der Waals surface area contributed by atoms with E-state index in [1.54, 1.807) is 0 Å². The maximum Gasteiger partial charge on any atom is 0.310 e. The van der Waals surface area contributed by atoms with E-state index in [1.807, 2.05) is 6.92 Å². The molecule has 1 N–H and O–H groups in total. The van der Waals surface area contributed by atoms with Gasteiger partial charge in [0.05, 0.1) is 18.3 Å². The molecule has 7 heteroatoms. The van der Waals surface area contributed by atoms with E-state index in [9.17, 15) is 13.2 Å². The molecule has 0 bridgehead atoms. The number of hydrogen-bond donors (Lipinski definition) is 1. The molecule has 0 aromatic carbocycles. The highest BCUT2D eigenvalue weighted by molar-refractivity contribution is 7.90. The minimum absolute atomic E-state index is 0.127. The number of nitrogens with one attached hydrogen (secondary N) is 1. The van der Waals surface area contributed by atoms with Gasteiger partial charge in [-0.3, -0.25) is 4.79 Å². The van der Waals surface area contributed by atoms with Crippen LogP contribution in [0, 0.1) is 11.8 Å². The molecule has 3 atom stereocenters. The Kier molecular flexibility index (Phi) is 5.62. The number of sulfonamides is 1. The predicted molar refractivity (Wildman–Crippen MR) is 78.2 cm³/mol. The summed E-state index contributed by atoms with van der Waals surface area (Å²) in [5, 5.41) is -0.660. The number of methoxy groups -OCH3 is 1. The van der Waals surface area contributed by atoms with E-state index < -0.39 is 27.2 Å². The fourth-order valence-electron chi connectivity index (χ4n) is 3.38. The Balaban J connectivity index is 2.01. The average Bonchev–Trinajstić information content (AvgIpc) is 2.97. The first-order chi connectivity index (χ1) is 9.95. The zero-order valence-electron chi connectivity index (χ0n) is 12.7. The highest BCUT2D eigenvalue weighted by Gasteiger charge is 2.43. The molecule has 1 aliphatic carbocycles. The lowest BCUT2D eigenvalue weighted by Crippen LogP contribution is -2.46. The van der Waals surface area contributed by atoms with Crippen LogP contribution in [0.25, 0.3) is 0 Å². The Morgan fingerprint density at radius 3 is 2.52 bits per heavy atom. The van der Waals surface area contributed by atoms with Crippen LogP contribution in [0.15, 0.2) is 0 Å². The minimum Gasteiger partial charge on any atom is -0.469 e. The van der Waals surface area contributed by atoms with Crippen molar-refractivity contribution in [1.82, 2.24) is 4.72 Å². The van der Waals surface area contributed by atoms with Crippen LogP contribution in [0.3, 0.4) is 0 Å². The van der Waals surface area contributed by atoms with Crippen molar-refractivity contribution in [2.45, 2.75) is 50.3 Å². The Morgan fingerprint density at radius 1 is 1.24 bits per heavy atom. The molecule has 21 heavy (non-hydrogen) atoms. The van der Waals surface area contributed by atoms with Gasteiger partial charge in [0.15, 0.2) is 0 Å². The predicted octanol–water partition coefficient (Wildman–Crippen LogP) is 1.06. The summed E-state index contributed by atoms with van der Waals surface area (Å²) in [5.74, 6) is -0.650. The molecule has 2 rings (SSSR count). The monoisotopic (exact) mass is 319 g/mol. The summed E-state index contributed by atoms with van der Waals surface area (Å²) in [4.78, 5) is 11.7. The largest absolute Gasteiger partial charge is 0.469 e. The fraction of sp³-hybridized carbons (Fsp3) is 0.929. The van der Waals surface area contributed by atoms with Gasteiger partial charge < -0.3 is 9.47 Å². The van der Waals surface area contributed by atoms with Crippen molar-refractivity contribution in [3.63, 3.8) is 0 Å². The maximum absolute atomic E-state index is 12.6. The van der Waals surface area contributed by atoms with Crippen LogP contribution in [0.2, 0.25) is 0 Å². The molecule has 0 aromatic rings. The van der Waals surface area contributed by atoms with Crippen molar-refractivity contribution < 1.29 is 22.7 Å². The van der Waals surface area contributed by atoms with E-state index in [1.165, 1.54) is 7.11 Å². The highest BCUT2D eigenvalue weighted by Crippen LogP contribution is 2.32. The topological polar surface area (TPSA) is 81.7 Å². The van der Waals surface area contributed by atoms with E-state index in [0.717, 1.165) is 19.3 Å². The van der Waals surface area contributed by atoms with Gasteiger partial charge in [0, 0.05) is 19.3 Å². The van der Waals surface area contributed by atoms with Crippen LogP contribution in [0.4, 0.5) is 0 Å². The zero-order chi connectivity index (χ0) is 15.5. The molecule has 3 unspecified atom stereocenters. The second-order valence-electron chi connectivity index (χ2n) is 6.00. The average molecular weight is 319 g/mol. The summed E-state index contributed by atoms with van der Waals surface area (Å²) in [5.41, 5.74) is 0. The van der Waals surface area contributed by atoms with E-state index >= 15 is 0 Å². The Morgan fingerprint density at radius 2 is 1.90 bits per heavy atom. The van der Waals surface area contributed by atoms with E-state index in [2.05, 4.69) is 4.72 Å². The molecule has 1 saturated heterocycles. The first-order valence-electron chi connectivity index (χ1n) is 7.62. The summed E-state index contributed by atoms with van der Waals surface area (Å²) in [6.45, 7) is 3.27. The van der Waals surface area contributed by atoms with Gasteiger partial charge >= 0.3 is 5.97 Å². The molecule has 2 aliphatic rings. The number of carbonyl (C=O) groups excluding carboxylic acids is 1. The number of rotatable bonds is 5. The lowest BCUT2D eigenvalue weighted by Gasteiger charge is -2.29. The molecule has 1 aliphatic heterocycles. The minimum atomic E-state index is -3.50. The van der Waals surface area contributed by atoms with Gasteiger partial charge in [-0.25, -0.2) is 13.1 Å². The van der Waals surface area contributed by atoms with Crippen molar-refractivity contribution in [1.29, 1.82) is 0 Å². The molecule has 6 nitrogen and oxygen atoms in total. The van der Waals surface area contributed by atoms with Crippen LogP contribution in [0.5, 0.6) is 0 Å². The van der Waals surface area contributed by atoms with Gasteiger partial charge in [0.2, 0.25) is 10.0 Å². The maximum atomic E-state index is 12.6. The van der Waals surface area contributed by atoms with E-state index in [4.69, 9.17) is 9.47 Å². The third kappa shape index (κ3) is 3.96. The Labute approximate surface area is 126 Å². The lowest BCUT2D eigenvalue weighted by atomic mass is 9.94. The lowest BCUT2D eigenvalue weighted by molar-refractivity contribution is -0.145. The number of carbonyl (C=O) groups is 1. The summed E-state index contributed by atoms with van der Waals surface area (Å²) >= 11 is 0. The summed E-state index contributed by atoms with van der Waals surface area (Å²) in [6.07, 6.45) is 3.60. The normalized spacial score (nSPS) is 29.2. The van der Waals surface area contributed by atoms with Crippen molar-refractivity contribution in [3.8, 4) is 0 Å². The summed E-state index contributed by atoms with van der Waals surface area (Å²) in [6, 6.07) is -0.127. The van der Waals surface area contributed by atoms with Crippen molar-refractivity contribution in [3.05, 3.63) is 0 Å². The van der Waals surface area contributed by atoms with Gasteiger partial charge in [0.1, 0.15) is 0 Å². The van der Waals surface area contributed by atoms with Gasteiger partial charge in [-0.05, 0) is 38.5 Å². The van der Waals surface area contributed by atoms with Gasteiger partial charge in [-0.2, -0.15) is 0 Å². The van der Waals surface area contributed by atoms with E-state index in [0.29, 0.717) is 32.0 Å². The fourth-order valence-corrected chi connectivity index (χ4v) is 5.42. The zero-order valence-corrected chi connectivity index (χ0v) is 13.5. The standard InChI is InChI=1S/C14H25NO5S/c1-10(11-6-8-20-9-7-11)15-21(17,18)13-5-3-4-12(13)14(16)19-2/h10-13,15H,3-9H2,1-2H3. The molecule has 1 heterocycles. The SMILES string of the molecule is COC(=O)C1CCCC1S(=O)(=O)NC(C)C1CCOCC1. The number of ether oxygens (including phenoxy) is 2. The molecule has 2 fully saturated rings. The van der Waals surface area contributed by atoms with Gasteiger partial charge in [0.25, 0.3) is 0 Å². The van der Waals surface area contributed by atoms with Crippen LogP contribution < -0.4 is 4.72 Å². The summed E-state index contributed by atoms with van der Waals surface area (Å²) in [7, 11) is -2.20. The molecule has 0 amide bonds. The second kappa shape index (κ2) is 7.07. The molecular formula is C14H25NO5S. The van der Waals surface area contributed by atoms with Crippen LogP contribution in [0.1, 0.15) is 39.0 Å². The first-order valence-corrected chi connectivity index (χ1v) is 9.17.